The van der Waals surface area contributed by atoms with Crippen LogP contribution in [0.25, 0.3) is 5.69 Å². The summed E-state index contributed by atoms with van der Waals surface area (Å²) in [5, 5.41) is 17.3. The monoisotopic (exact) mass is 379 g/mol. The van der Waals surface area contributed by atoms with E-state index in [2.05, 4.69) is 10.2 Å². The molecule has 0 saturated heterocycles. The van der Waals surface area contributed by atoms with Gasteiger partial charge in [0.2, 0.25) is 0 Å². The number of hydrogen-bond donors (Lipinski definition) is 0. The van der Waals surface area contributed by atoms with Gasteiger partial charge in [-0.25, -0.2) is 4.68 Å². The highest BCUT2D eigenvalue weighted by atomic mass is 35.5. The molecule has 0 amide bonds. The first kappa shape index (κ1) is 18.0. The Bertz CT molecular complexity index is 1010. The van der Waals surface area contributed by atoms with Crippen molar-refractivity contribution in [1.29, 1.82) is 5.26 Å². The third-order valence-corrected chi connectivity index (χ3v) is 4.32. The highest BCUT2D eigenvalue weighted by Crippen LogP contribution is 2.28. The van der Waals surface area contributed by atoms with E-state index in [1.165, 1.54) is 10.9 Å². The Morgan fingerprint density at radius 1 is 1.19 bits per heavy atom. The maximum absolute atomic E-state index is 12.7. The van der Waals surface area contributed by atoms with Gasteiger partial charge >= 0.3 is 6.18 Å². The molecule has 0 saturated carbocycles. The minimum atomic E-state index is -4.47. The minimum Gasteiger partial charge on any atom is -0.268 e. The van der Waals surface area contributed by atoms with E-state index in [9.17, 15) is 13.2 Å². The average molecular weight is 380 g/mol. The largest absolute Gasteiger partial charge is 0.435 e. The number of hydrogen-bond acceptors (Lipinski definition) is 3. The van der Waals surface area contributed by atoms with E-state index in [4.69, 9.17) is 16.9 Å². The molecule has 1 aromatic carbocycles. The van der Waals surface area contributed by atoms with Gasteiger partial charge in [0.15, 0.2) is 5.69 Å². The number of alkyl halides is 3. The van der Waals surface area contributed by atoms with E-state index in [1.54, 1.807) is 29.8 Å². The first-order valence-corrected chi connectivity index (χ1v) is 7.94. The molecule has 2 heterocycles. The second kappa shape index (κ2) is 6.50. The molecule has 5 nitrogen and oxygen atoms in total. The topological polar surface area (TPSA) is 59.4 Å². The second-order valence-electron chi connectivity index (χ2n) is 5.73. The summed E-state index contributed by atoms with van der Waals surface area (Å²) in [4.78, 5) is 0. The molecule has 0 bridgehead atoms. The Balaban J connectivity index is 1.95. The zero-order valence-corrected chi connectivity index (χ0v) is 14.6. The molecule has 0 spiro atoms. The Kier molecular flexibility index (Phi) is 4.50. The van der Waals surface area contributed by atoms with Crippen LogP contribution in [0, 0.1) is 25.2 Å². The van der Waals surface area contributed by atoms with Crippen LogP contribution < -0.4 is 0 Å². The van der Waals surface area contributed by atoms with Gasteiger partial charge in [-0.3, -0.25) is 4.68 Å². The maximum Gasteiger partial charge on any atom is 0.435 e. The summed E-state index contributed by atoms with van der Waals surface area (Å²) in [5.74, 6) is 0. The van der Waals surface area contributed by atoms with E-state index < -0.39 is 11.9 Å². The lowest BCUT2D eigenvalue weighted by Crippen LogP contribution is -2.09. The van der Waals surface area contributed by atoms with Gasteiger partial charge in [0.25, 0.3) is 0 Å². The molecule has 0 radical (unpaired) electrons. The summed E-state index contributed by atoms with van der Waals surface area (Å²) >= 11 is 6.07. The van der Waals surface area contributed by atoms with Crippen LogP contribution in [-0.2, 0) is 12.7 Å². The Morgan fingerprint density at radius 3 is 2.50 bits per heavy atom. The zero-order chi connectivity index (χ0) is 19.1. The predicted octanol–water partition coefficient (Wildman–Crippen LogP) is 4.28. The number of nitrogens with zero attached hydrogens (tertiary/aromatic N) is 5. The average Bonchev–Trinajstić information content (AvgIpc) is 3.15. The van der Waals surface area contributed by atoms with Gasteiger partial charge in [0.05, 0.1) is 28.5 Å². The van der Waals surface area contributed by atoms with E-state index in [1.807, 2.05) is 13.0 Å². The van der Waals surface area contributed by atoms with E-state index in [0.717, 1.165) is 17.3 Å². The molecule has 3 rings (SSSR count). The summed E-state index contributed by atoms with van der Waals surface area (Å²) in [6.45, 7) is 3.76. The molecular formula is C17H13ClF3N5. The van der Waals surface area contributed by atoms with Crippen molar-refractivity contribution in [2.75, 3.05) is 0 Å². The lowest BCUT2D eigenvalue weighted by atomic mass is 10.2. The normalized spacial score (nSPS) is 11.6. The van der Waals surface area contributed by atoms with E-state index >= 15 is 0 Å². The first-order valence-electron chi connectivity index (χ1n) is 7.56. The summed E-state index contributed by atoms with van der Waals surface area (Å²) in [7, 11) is 0. The molecule has 3 aromatic rings. The minimum absolute atomic E-state index is 0.164. The van der Waals surface area contributed by atoms with Crippen LogP contribution in [0.5, 0.6) is 0 Å². The van der Waals surface area contributed by atoms with Crippen molar-refractivity contribution < 1.29 is 13.2 Å². The van der Waals surface area contributed by atoms with E-state index in [-0.39, 0.29) is 6.54 Å². The number of nitriles is 1. The van der Waals surface area contributed by atoms with Crippen molar-refractivity contribution in [3.05, 3.63) is 63.7 Å². The van der Waals surface area contributed by atoms with Gasteiger partial charge in [0.1, 0.15) is 6.07 Å². The van der Waals surface area contributed by atoms with Crippen LogP contribution in [0.1, 0.15) is 28.2 Å². The molecular weight excluding hydrogens is 367 g/mol. The third kappa shape index (κ3) is 3.30. The lowest BCUT2D eigenvalue weighted by Gasteiger charge is -2.07. The third-order valence-electron chi connectivity index (χ3n) is 4.01. The molecule has 0 atom stereocenters. The zero-order valence-electron chi connectivity index (χ0n) is 13.8. The summed E-state index contributed by atoms with van der Waals surface area (Å²) in [6, 6.07) is 7.86. The number of rotatable bonds is 3. The summed E-state index contributed by atoms with van der Waals surface area (Å²) in [6.07, 6.45) is -3.18. The van der Waals surface area contributed by atoms with Crippen molar-refractivity contribution >= 4 is 11.6 Å². The van der Waals surface area contributed by atoms with Crippen molar-refractivity contribution in [2.45, 2.75) is 26.6 Å². The molecule has 0 unspecified atom stereocenters. The number of aryl methyl sites for hydroxylation is 1. The highest BCUT2D eigenvalue weighted by Gasteiger charge is 2.33. The molecule has 0 aliphatic carbocycles. The van der Waals surface area contributed by atoms with Crippen molar-refractivity contribution in [3.8, 4) is 11.8 Å². The maximum atomic E-state index is 12.7. The fourth-order valence-electron chi connectivity index (χ4n) is 2.64. The van der Waals surface area contributed by atoms with Crippen LogP contribution in [0.3, 0.4) is 0 Å². The van der Waals surface area contributed by atoms with Crippen molar-refractivity contribution in [2.24, 2.45) is 0 Å². The second-order valence-corrected chi connectivity index (χ2v) is 6.14. The quantitative estimate of drug-likeness (QED) is 0.682. The SMILES string of the molecule is Cc1nn(-c2ccc(C#N)c(Cl)c2)c(C)c1Cn1ccc(C(F)(F)F)n1. The van der Waals surface area contributed by atoms with E-state index in [0.29, 0.717) is 22.0 Å². The molecule has 0 fully saturated rings. The van der Waals surface area contributed by atoms with Crippen molar-refractivity contribution in [3.63, 3.8) is 0 Å². The van der Waals surface area contributed by atoms with Gasteiger partial charge in [0, 0.05) is 17.5 Å². The molecule has 0 aliphatic heterocycles. The molecule has 0 N–H and O–H groups in total. The Morgan fingerprint density at radius 2 is 1.92 bits per heavy atom. The standard InChI is InChI=1S/C17H13ClF3N5/c1-10-14(9-25-6-5-16(24-25)17(19,20)21)11(2)26(23-10)13-4-3-12(8-22)15(18)7-13/h3-7H,9H2,1-2H3. The number of halogens is 4. The number of benzene rings is 1. The van der Waals surface area contributed by atoms with Gasteiger partial charge < -0.3 is 0 Å². The fraction of sp³-hybridized carbons (Fsp3) is 0.235. The molecule has 2 aromatic heterocycles. The highest BCUT2D eigenvalue weighted by molar-refractivity contribution is 6.31. The Labute approximate surface area is 152 Å². The number of aromatic nitrogens is 4. The fourth-order valence-corrected chi connectivity index (χ4v) is 2.86. The molecule has 9 heteroatoms. The van der Waals surface area contributed by atoms with Crippen LogP contribution in [-0.4, -0.2) is 19.6 Å². The van der Waals surface area contributed by atoms with Gasteiger partial charge in [-0.05, 0) is 38.1 Å². The molecule has 134 valence electrons. The molecule has 26 heavy (non-hydrogen) atoms. The lowest BCUT2D eigenvalue weighted by molar-refractivity contribution is -0.141. The van der Waals surface area contributed by atoms with Crippen molar-refractivity contribution in [1.82, 2.24) is 19.6 Å². The first-order chi connectivity index (χ1) is 12.2. The summed E-state index contributed by atoms with van der Waals surface area (Å²) in [5.41, 5.74) is 2.28. The van der Waals surface area contributed by atoms with Crippen LogP contribution >= 0.6 is 11.6 Å². The Hall–Kier alpha value is -2.79. The van der Waals surface area contributed by atoms with Gasteiger partial charge in [-0.2, -0.15) is 28.6 Å². The van der Waals surface area contributed by atoms with Gasteiger partial charge in [-0.1, -0.05) is 11.6 Å². The summed E-state index contributed by atoms with van der Waals surface area (Å²) < 4.78 is 41.0. The predicted molar refractivity (Wildman–Crippen MR) is 89.1 cm³/mol. The smallest absolute Gasteiger partial charge is 0.268 e. The van der Waals surface area contributed by atoms with Gasteiger partial charge in [-0.15, -0.1) is 0 Å². The van der Waals surface area contributed by atoms with Crippen LogP contribution in [0.2, 0.25) is 5.02 Å². The van der Waals surface area contributed by atoms with Crippen LogP contribution in [0.15, 0.2) is 30.5 Å². The van der Waals surface area contributed by atoms with Crippen LogP contribution in [0.4, 0.5) is 13.2 Å². The molecule has 0 aliphatic rings.